The maximum absolute atomic E-state index is 6.20. The van der Waals surface area contributed by atoms with Crippen LogP contribution in [0.5, 0.6) is 0 Å². The second-order valence-electron chi connectivity index (χ2n) is 13.4. The van der Waals surface area contributed by atoms with Gasteiger partial charge in [0.05, 0.1) is 11.4 Å². The van der Waals surface area contributed by atoms with Crippen LogP contribution in [-0.2, 0) is 0 Å². The molecule has 2 aromatic heterocycles. The van der Waals surface area contributed by atoms with Gasteiger partial charge in [0.25, 0.3) is 0 Å². The summed E-state index contributed by atoms with van der Waals surface area (Å²) in [5, 5.41) is 4.59. The van der Waals surface area contributed by atoms with E-state index in [0.717, 1.165) is 72.3 Å². The predicted octanol–water partition coefficient (Wildman–Crippen LogP) is 13.5. The van der Waals surface area contributed by atoms with Gasteiger partial charge in [-0.2, -0.15) is 0 Å². The molecule has 0 aliphatic heterocycles. The van der Waals surface area contributed by atoms with Crippen LogP contribution in [0.3, 0.4) is 0 Å². The summed E-state index contributed by atoms with van der Waals surface area (Å²) in [5.41, 5.74) is 13.4. The minimum absolute atomic E-state index is 0.691. The van der Waals surface area contributed by atoms with Crippen LogP contribution in [0, 0.1) is 0 Å². The van der Waals surface area contributed by atoms with Crippen LogP contribution in [0.2, 0.25) is 0 Å². The number of fused-ring (bicyclic) bond motifs is 4. The van der Waals surface area contributed by atoms with Crippen molar-refractivity contribution in [2.24, 2.45) is 0 Å². The van der Waals surface area contributed by atoms with Gasteiger partial charge in [-0.3, -0.25) is 0 Å². The average molecular weight is 677 g/mol. The Morgan fingerprint density at radius 2 is 0.811 bits per heavy atom. The molecule has 0 aliphatic carbocycles. The van der Waals surface area contributed by atoms with Crippen LogP contribution < -0.4 is 0 Å². The molecule has 0 saturated heterocycles. The van der Waals surface area contributed by atoms with Crippen molar-refractivity contribution >= 4 is 32.7 Å². The SMILES string of the molecule is c1ccc(-c2ccc(-c3cc(-c4ccc5oc6ccccc6c5c4)cc(-c4cc(-c5ccc6ccccc6c5)nc(-c5ccccc5)n4)c3)cc2)cc1. The molecule has 0 atom stereocenters. The molecule has 0 spiro atoms. The summed E-state index contributed by atoms with van der Waals surface area (Å²) in [4.78, 5) is 10.4. The molecule has 53 heavy (non-hydrogen) atoms. The van der Waals surface area contributed by atoms with Crippen molar-refractivity contribution in [3.63, 3.8) is 0 Å². The molecule has 3 nitrogen and oxygen atoms in total. The van der Waals surface area contributed by atoms with Crippen molar-refractivity contribution in [2.75, 3.05) is 0 Å². The Labute approximate surface area is 307 Å². The maximum atomic E-state index is 6.20. The fourth-order valence-electron chi connectivity index (χ4n) is 7.31. The van der Waals surface area contributed by atoms with Gasteiger partial charge in [-0.05, 0) is 92.7 Å². The molecule has 8 aromatic carbocycles. The van der Waals surface area contributed by atoms with E-state index in [-0.39, 0.29) is 0 Å². The van der Waals surface area contributed by atoms with E-state index in [1.54, 1.807) is 0 Å². The van der Waals surface area contributed by atoms with Gasteiger partial charge in [-0.15, -0.1) is 0 Å². The van der Waals surface area contributed by atoms with E-state index in [0.29, 0.717) is 5.82 Å². The molecule has 248 valence electrons. The Balaban J connectivity index is 1.17. The number of aromatic nitrogens is 2. The predicted molar refractivity (Wildman–Crippen MR) is 219 cm³/mol. The zero-order valence-corrected chi connectivity index (χ0v) is 28.8. The van der Waals surface area contributed by atoms with Crippen LogP contribution in [-0.4, -0.2) is 9.97 Å². The Hall–Kier alpha value is -7.10. The van der Waals surface area contributed by atoms with E-state index in [1.165, 1.54) is 21.9 Å². The van der Waals surface area contributed by atoms with Crippen molar-refractivity contribution in [1.82, 2.24) is 9.97 Å². The molecule has 0 fully saturated rings. The van der Waals surface area contributed by atoms with E-state index >= 15 is 0 Å². The third-order valence-corrected chi connectivity index (χ3v) is 10.1. The number of para-hydroxylation sites is 1. The number of hydrogen-bond acceptors (Lipinski definition) is 3. The minimum Gasteiger partial charge on any atom is -0.456 e. The van der Waals surface area contributed by atoms with Crippen molar-refractivity contribution in [1.29, 1.82) is 0 Å². The number of hydrogen-bond donors (Lipinski definition) is 0. The molecular weight excluding hydrogens is 645 g/mol. The summed E-state index contributed by atoms with van der Waals surface area (Å²) in [5.74, 6) is 0.691. The second-order valence-corrected chi connectivity index (χ2v) is 13.4. The Kier molecular flexibility index (Phi) is 7.47. The highest BCUT2D eigenvalue weighted by Gasteiger charge is 2.15. The zero-order valence-electron chi connectivity index (χ0n) is 28.8. The largest absolute Gasteiger partial charge is 0.456 e. The number of furan rings is 1. The number of nitrogens with zero attached hydrogens (tertiary/aromatic N) is 2. The minimum atomic E-state index is 0.691. The van der Waals surface area contributed by atoms with Crippen LogP contribution in [0.25, 0.3) is 100.0 Å². The summed E-state index contributed by atoms with van der Waals surface area (Å²) in [7, 11) is 0. The molecule has 2 heterocycles. The third-order valence-electron chi connectivity index (χ3n) is 10.1. The highest BCUT2D eigenvalue weighted by molar-refractivity contribution is 6.06. The summed E-state index contributed by atoms with van der Waals surface area (Å²) in [6.45, 7) is 0. The van der Waals surface area contributed by atoms with E-state index in [4.69, 9.17) is 14.4 Å². The quantitative estimate of drug-likeness (QED) is 0.176. The summed E-state index contributed by atoms with van der Waals surface area (Å²) in [6, 6.07) is 68.2. The lowest BCUT2D eigenvalue weighted by Crippen LogP contribution is -1.96. The average Bonchev–Trinajstić information content (AvgIpc) is 3.62. The number of rotatable bonds is 6. The van der Waals surface area contributed by atoms with Gasteiger partial charge in [0.1, 0.15) is 11.2 Å². The van der Waals surface area contributed by atoms with E-state index < -0.39 is 0 Å². The van der Waals surface area contributed by atoms with Crippen molar-refractivity contribution in [2.45, 2.75) is 0 Å². The molecule has 0 amide bonds. The van der Waals surface area contributed by atoms with Gasteiger partial charge in [-0.1, -0.05) is 146 Å². The Morgan fingerprint density at radius 1 is 0.283 bits per heavy atom. The molecule has 0 unspecified atom stereocenters. The first-order valence-corrected chi connectivity index (χ1v) is 17.9. The highest BCUT2D eigenvalue weighted by Crippen LogP contribution is 2.38. The van der Waals surface area contributed by atoms with Gasteiger partial charge in [0, 0.05) is 27.5 Å². The Bertz CT molecular complexity index is 2930. The van der Waals surface area contributed by atoms with E-state index in [1.807, 2.05) is 30.3 Å². The van der Waals surface area contributed by atoms with Crippen LogP contribution in [0.1, 0.15) is 0 Å². The van der Waals surface area contributed by atoms with Gasteiger partial charge in [0.2, 0.25) is 0 Å². The van der Waals surface area contributed by atoms with Crippen molar-refractivity contribution in [3.05, 3.63) is 194 Å². The first kappa shape index (κ1) is 30.7. The molecule has 0 radical (unpaired) electrons. The lowest BCUT2D eigenvalue weighted by molar-refractivity contribution is 0.669. The third kappa shape index (κ3) is 5.85. The van der Waals surface area contributed by atoms with E-state index in [9.17, 15) is 0 Å². The van der Waals surface area contributed by atoms with Gasteiger partial charge < -0.3 is 4.42 Å². The first-order chi connectivity index (χ1) is 26.2. The highest BCUT2D eigenvalue weighted by atomic mass is 16.3. The fourth-order valence-corrected chi connectivity index (χ4v) is 7.31. The second kappa shape index (κ2) is 12.9. The zero-order chi connectivity index (χ0) is 35.1. The molecule has 0 aliphatic rings. The molecule has 0 bridgehead atoms. The fraction of sp³-hybridized carbons (Fsp3) is 0. The van der Waals surface area contributed by atoms with Crippen LogP contribution >= 0.6 is 0 Å². The molecular formula is C50H32N2O. The van der Waals surface area contributed by atoms with Gasteiger partial charge in [-0.25, -0.2) is 9.97 Å². The van der Waals surface area contributed by atoms with Crippen LogP contribution in [0.4, 0.5) is 0 Å². The maximum Gasteiger partial charge on any atom is 0.160 e. The lowest BCUT2D eigenvalue weighted by Gasteiger charge is -2.14. The summed E-state index contributed by atoms with van der Waals surface area (Å²) < 4.78 is 6.20. The normalized spacial score (nSPS) is 11.4. The standard InChI is InChI=1S/C50H32N2O/c1-3-11-33(12-4-1)35-19-21-36(22-20-35)41-28-42(39-25-26-49-45(31-39)44-17-9-10-18-48(44)53-49)30-43(29-41)47-32-46(51-50(52-47)37-14-5-2-6-15-37)40-24-23-34-13-7-8-16-38(34)27-40/h1-32H. The van der Waals surface area contributed by atoms with Crippen LogP contribution in [0.15, 0.2) is 199 Å². The summed E-state index contributed by atoms with van der Waals surface area (Å²) in [6.07, 6.45) is 0. The van der Waals surface area contributed by atoms with Gasteiger partial charge in [0.15, 0.2) is 5.82 Å². The van der Waals surface area contributed by atoms with Gasteiger partial charge >= 0.3 is 0 Å². The smallest absolute Gasteiger partial charge is 0.160 e. The summed E-state index contributed by atoms with van der Waals surface area (Å²) >= 11 is 0. The molecule has 0 N–H and O–H groups in total. The molecule has 0 saturated carbocycles. The number of benzene rings is 8. The monoisotopic (exact) mass is 676 g/mol. The van der Waals surface area contributed by atoms with E-state index in [2.05, 4.69) is 164 Å². The van der Waals surface area contributed by atoms with Crippen molar-refractivity contribution in [3.8, 4) is 67.3 Å². The lowest BCUT2D eigenvalue weighted by atomic mass is 9.93. The molecule has 3 heteroatoms. The Morgan fingerprint density at radius 3 is 1.58 bits per heavy atom. The molecule has 10 rings (SSSR count). The van der Waals surface area contributed by atoms with Crippen molar-refractivity contribution < 1.29 is 4.42 Å². The molecule has 10 aromatic rings. The first-order valence-electron chi connectivity index (χ1n) is 17.9. The topological polar surface area (TPSA) is 38.9 Å².